The summed E-state index contributed by atoms with van der Waals surface area (Å²) in [4.78, 5) is 22.1. The van der Waals surface area contributed by atoms with Crippen LogP contribution in [0.2, 0.25) is 0 Å². The van der Waals surface area contributed by atoms with Crippen LogP contribution in [0.25, 0.3) is 0 Å². The molecule has 0 amide bonds. The van der Waals surface area contributed by atoms with Crippen LogP contribution in [0.1, 0.15) is 20.8 Å². The monoisotopic (exact) mass is 249 g/mol. The van der Waals surface area contributed by atoms with Gasteiger partial charge in [0.2, 0.25) is 0 Å². The number of methoxy groups -OCH3 is 1. The molecular weight excluding hydrogens is 234 g/mol. The highest BCUT2D eigenvalue weighted by Gasteiger charge is 2.67. The first-order valence-electron chi connectivity index (χ1n) is 4.72. The number of carbonyl (C=O) groups excluding carboxylic acids is 1. The first-order chi connectivity index (χ1) is 7.21. The highest BCUT2D eigenvalue weighted by atomic mass is 32.2. The number of nitrogens with zero attached hydrogens (tertiary/aromatic N) is 1. The van der Waals surface area contributed by atoms with Crippen molar-refractivity contribution in [3.05, 3.63) is 0 Å². The second kappa shape index (κ2) is 4.23. The third-order valence-electron chi connectivity index (χ3n) is 2.17. The van der Waals surface area contributed by atoms with Gasteiger partial charge in [0.1, 0.15) is 4.75 Å². The van der Waals surface area contributed by atoms with Gasteiger partial charge in [-0.25, -0.2) is 0 Å². The van der Waals surface area contributed by atoms with E-state index in [-0.39, 0.29) is 0 Å². The van der Waals surface area contributed by atoms with E-state index in [2.05, 4.69) is 4.74 Å². The lowest BCUT2D eigenvalue weighted by molar-refractivity contribution is -0.143. The van der Waals surface area contributed by atoms with Gasteiger partial charge in [0, 0.05) is 11.4 Å². The molecule has 1 aliphatic heterocycles. The molecule has 0 aromatic carbocycles. The fourth-order valence-electron chi connectivity index (χ4n) is 1.33. The Kier molecular flexibility index (Phi) is 3.51. The molecule has 4 atom stereocenters. The molecular formula is C9H15NO5S. The van der Waals surface area contributed by atoms with E-state index in [1.165, 1.54) is 7.11 Å². The molecule has 1 N–H and O–H groups in total. The van der Waals surface area contributed by atoms with Crippen LogP contribution in [-0.2, 0) is 25.7 Å². The van der Waals surface area contributed by atoms with Crippen molar-refractivity contribution in [2.75, 3.05) is 7.11 Å². The van der Waals surface area contributed by atoms with Crippen molar-refractivity contribution in [1.29, 1.82) is 0 Å². The van der Waals surface area contributed by atoms with Crippen LogP contribution in [0.15, 0.2) is 0 Å². The number of rotatable bonds is 3. The molecule has 7 heteroatoms. The third-order valence-corrected chi connectivity index (χ3v) is 4.05. The maximum Gasteiger partial charge on any atom is 0.330 e. The third kappa shape index (κ3) is 2.31. The van der Waals surface area contributed by atoms with Gasteiger partial charge >= 0.3 is 11.9 Å². The molecule has 16 heavy (non-hydrogen) atoms. The summed E-state index contributed by atoms with van der Waals surface area (Å²) in [6, 6.07) is -1.96. The zero-order chi connectivity index (χ0) is 12.7. The lowest BCUT2D eigenvalue weighted by atomic mass is 10.3. The fourth-order valence-corrected chi connectivity index (χ4v) is 2.73. The molecule has 0 aliphatic carbocycles. The molecule has 1 heterocycles. The number of ether oxygens (including phenoxy) is 1. The van der Waals surface area contributed by atoms with Crippen LogP contribution in [0, 0.1) is 0 Å². The van der Waals surface area contributed by atoms with Crippen molar-refractivity contribution in [1.82, 2.24) is 4.31 Å². The Morgan fingerprint density at radius 2 is 1.88 bits per heavy atom. The molecule has 0 bridgehead atoms. The van der Waals surface area contributed by atoms with Gasteiger partial charge in [0.05, 0.1) is 7.11 Å². The summed E-state index contributed by atoms with van der Waals surface area (Å²) in [6.45, 7) is 5.15. The predicted octanol–water partition coefficient (Wildman–Crippen LogP) is -0.241. The summed E-state index contributed by atoms with van der Waals surface area (Å²) in [6.07, 6.45) is 0. The molecule has 0 aromatic heterocycles. The minimum Gasteiger partial charge on any atom is -0.597 e. The Labute approximate surface area is 96.9 Å². The first kappa shape index (κ1) is 13.3. The van der Waals surface area contributed by atoms with Gasteiger partial charge < -0.3 is 14.4 Å². The number of aliphatic carboxylic acids is 1. The van der Waals surface area contributed by atoms with E-state index >= 15 is 0 Å². The van der Waals surface area contributed by atoms with Crippen LogP contribution in [-0.4, -0.2) is 49.8 Å². The maximum absolute atomic E-state index is 11.9. The van der Waals surface area contributed by atoms with Crippen LogP contribution in [0.5, 0.6) is 0 Å². The molecule has 6 nitrogen and oxygen atoms in total. The van der Waals surface area contributed by atoms with Crippen molar-refractivity contribution in [3.8, 4) is 0 Å². The van der Waals surface area contributed by atoms with Crippen LogP contribution >= 0.6 is 0 Å². The number of esters is 1. The molecule has 1 rings (SSSR count). The zero-order valence-corrected chi connectivity index (χ0v) is 10.4. The van der Waals surface area contributed by atoms with Crippen molar-refractivity contribution in [3.63, 3.8) is 0 Å². The topological polar surface area (TPSA) is 89.7 Å². The van der Waals surface area contributed by atoms with Gasteiger partial charge in [0.15, 0.2) is 12.1 Å². The average Bonchev–Trinajstić information content (AvgIpc) is 2.88. The molecule has 0 aromatic rings. The highest BCUT2D eigenvalue weighted by molar-refractivity contribution is 7.90. The number of hydrogen-bond donors (Lipinski definition) is 1. The minimum atomic E-state index is -1.53. The molecule has 1 fully saturated rings. The lowest BCUT2D eigenvalue weighted by Crippen LogP contribution is -2.36. The van der Waals surface area contributed by atoms with Crippen LogP contribution in [0.3, 0.4) is 0 Å². The number of hydrogen-bond acceptors (Lipinski definition) is 5. The van der Waals surface area contributed by atoms with Gasteiger partial charge in [-0.1, -0.05) is 4.31 Å². The first-order valence-corrected chi connectivity index (χ1v) is 5.83. The van der Waals surface area contributed by atoms with Crippen molar-refractivity contribution < 1.29 is 24.0 Å². The van der Waals surface area contributed by atoms with Gasteiger partial charge in [0.25, 0.3) is 0 Å². The lowest BCUT2D eigenvalue weighted by Gasteiger charge is -2.24. The smallest absolute Gasteiger partial charge is 0.330 e. The second-order valence-electron chi connectivity index (χ2n) is 4.47. The Bertz CT molecular complexity index is 314. The SMILES string of the molecule is COC(=O)[C@@H]1C(C(=O)O)N1[S+]([O-])C(C)(C)C. The predicted molar refractivity (Wildman–Crippen MR) is 57.0 cm³/mol. The number of carboxylic acids is 1. The summed E-state index contributed by atoms with van der Waals surface area (Å²) in [7, 11) is 1.18. The van der Waals surface area contributed by atoms with Gasteiger partial charge in [-0.15, -0.1) is 0 Å². The highest BCUT2D eigenvalue weighted by Crippen LogP contribution is 2.38. The molecule has 1 saturated heterocycles. The maximum atomic E-state index is 11.9. The van der Waals surface area contributed by atoms with Gasteiger partial charge in [-0.3, -0.25) is 9.59 Å². The van der Waals surface area contributed by atoms with E-state index in [4.69, 9.17) is 5.11 Å². The molecule has 0 saturated carbocycles. The summed E-state index contributed by atoms with van der Waals surface area (Å²) in [5.74, 6) is -1.82. The average molecular weight is 249 g/mol. The Balaban J connectivity index is 2.82. The van der Waals surface area contributed by atoms with E-state index in [9.17, 15) is 14.1 Å². The summed E-state index contributed by atoms with van der Waals surface area (Å²) in [5, 5.41) is 8.87. The molecule has 92 valence electrons. The number of carboxylic acid groups (broad SMARTS) is 1. The Morgan fingerprint density at radius 3 is 2.19 bits per heavy atom. The molecule has 1 aliphatic rings. The van der Waals surface area contributed by atoms with Crippen molar-refractivity contribution in [2.24, 2.45) is 0 Å². The van der Waals surface area contributed by atoms with E-state index in [1.54, 1.807) is 20.8 Å². The summed E-state index contributed by atoms with van der Waals surface area (Å²) in [5.41, 5.74) is 0. The van der Waals surface area contributed by atoms with E-state index in [0.29, 0.717) is 0 Å². The van der Waals surface area contributed by atoms with Crippen molar-refractivity contribution >= 4 is 23.3 Å². The van der Waals surface area contributed by atoms with Gasteiger partial charge in [-0.05, 0) is 20.8 Å². The van der Waals surface area contributed by atoms with Gasteiger partial charge in [-0.2, -0.15) is 0 Å². The van der Waals surface area contributed by atoms with E-state index in [0.717, 1.165) is 4.31 Å². The normalized spacial score (nSPS) is 30.7. The summed E-state index contributed by atoms with van der Waals surface area (Å²) >= 11 is -1.53. The zero-order valence-electron chi connectivity index (χ0n) is 9.59. The second-order valence-corrected chi connectivity index (χ2v) is 6.62. The number of carbonyl (C=O) groups is 2. The van der Waals surface area contributed by atoms with E-state index < -0.39 is 40.1 Å². The Hall–Kier alpha value is -0.790. The molecule has 3 unspecified atom stereocenters. The largest absolute Gasteiger partial charge is 0.597 e. The molecule has 0 radical (unpaired) electrons. The van der Waals surface area contributed by atoms with Crippen molar-refractivity contribution in [2.45, 2.75) is 37.6 Å². The van der Waals surface area contributed by atoms with E-state index in [1.807, 2.05) is 0 Å². The molecule has 0 spiro atoms. The Morgan fingerprint density at radius 1 is 1.38 bits per heavy atom. The fraction of sp³-hybridized carbons (Fsp3) is 0.778. The standard InChI is InChI=1S/C9H15NO5S/c1-9(2,3)16(14)10-5(7(11)12)6(10)8(13)15-4/h5-6H,1-4H3,(H,11,12)/t5?,6-,10?,16?/m0/s1. The van der Waals surface area contributed by atoms with Crippen LogP contribution < -0.4 is 0 Å². The van der Waals surface area contributed by atoms with Crippen LogP contribution in [0.4, 0.5) is 0 Å². The quantitative estimate of drug-likeness (QED) is 0.422. The summed E-state index contributed by atoms with van der Waals surface area (Å²) < 4.78 is 17.0. The minimum absolute atomic E-state index is 0.601.